The molecular weight excluding hydrogens is 230 g/mol. The Balaban J connectivity index is 2.23. The van der Waals surface area contributed by atoms with Crippen LogP contribution in [0.15, 0.2) is 47.2 Å². The number of benzene rings is 1. The van der Waals surface area contributed by atoms with Gasteiger partial charge in [-0.15, -0.1) is 0 Å². The number of hydrogen-bond acceptors (Lipinski definition) is 3. The van der Waals surface area contributed by atoms with E-state index in [1.54, 1.807) is 11.3 Å². The van der Waals surface area contributed by atoms with Crippen LogP contribution in [0.4, 0.5) is 0 Å². The minimum atomic E-state index is -0.337. The number of ether oxygens (including phenoxy) is 1. The van der Waals surface area contributed by atoms with Crippen molar-refractivity contribution in [3.05, 3.63) is 52.7 Å². The van der Waals surface area contributed by atoms with Crippen molar-refractivity contribution in [2.24, 2.45) is 5.73 Å². The van der Waals surface area contributed by atoms with Crippen LogP contribution in [0, 0.1) is 0 Å². The molecule has 0 amide bonds. The van der Waals surface area contributed by atoms with Gasteiger partial charge in [0.05, 0.1) is 0 Å². The molecule has 0 aliphatic carbocycles. The summed E-state index contributed by atoms with van der Waals surface area (Å²) in [5.41, 5.74) is 6.55. The third-order valence-electron chi connectivity index (χ3n) is 2.84. The first kappa shape index (κ1) is 12.1. The summed E-state index contributed by atoms with van der Waals surface area (Å²) in [5, 5.41) is 4.19. The maximum absolute atomic E-state index is 6.11. The second kappa shape index (κ2) is 5.34. The molecule has 0 saturated carbocycles. The van der Waals surface area contributed by atoms with Crippen LogP contribution in [-0.4, -0.2) is 6.54 Å². The van der Waals surface area contributed by atoms with Gasteiger partial charge in [0.1, 0.15) is 11.4 Å². The van der Waals surface area contributed by atoms with Crippen LogP contribution in [0.25, 0.3) is 0 Å². The lowest BCUT2D eigenvalue weighted by molar-refractivity contribution is 0.0802. The van der Waals surface area contributed by atoms with Crippen LogP contribution < -0.4 is 10.5 Å². The van der Waals surface area contributed by atoms with Gasteiger partial charge >= 0.3 is 0 Å². The minimum Gasteiger partial charge on any atom is -0.483 e. The lowest BCUT2D eigenvalue weighted by Gasteiger charge is -2.30. The van der Waals surface area contributed by atoms with Crippen molar-refractivity contribution in [3.63, 3.8) is 0 Å². The number of nitrogens with two attached hydrogens (primary N) is 1. The third kappa shape index (κ3) is 2.87. The summed E-state index contributed by atoms with van der Waals surface area (Å²) in [5.74, 6) is 0.884. The molecule has 1 atom stereocenters. The van der Waals surface area contributed by atoms with E-state index < -0.39 is 0 Å². The van der Waals surface area contributed by atoms with Crippen LogP contribution in [0.2, 0.25) is 0 Å². The molecule has 0 saturated heterocycles. The molecule has 2 N–H and O–H groups in total. The molecule has 1 heterocycles. The molecule has 0 fully saturated rings. The van der Waals surface area contributed by atoms with Gasteiger partial charge in [0.2, 0.25) is 0 Å². The standard InChI is InChI=1S/C14H17NOS/c1-14(8-9-15,12-7-10-17-11-12)16-13-5-3-2-4-6-13/h2-7,10-11H,8-9,15H2,1H3. The average molecular weight is 247 g/mol. The molecule has 17 heavy (non-hydrogen) atoms. The van der Waals surface area contributed by atoms with E-state index in [2.05, 4.69) is 23.8 Å². The Labute approximate surface area is 106 Å². The van der Waals surface area contributed by atoms with Crippen molar-refractivity contribution in [1.82, 2.24) is 0 Å². The quantitative estimate of drug-likeness (QED) is 0.879. The fraction of sp³-hybridized carbons (Fsp3) is 0.286. The molecule has 90 valence electrons. The summed E-state index contributed by atoms with van der Waals surface area (Å²) >= 11 is 1.68. The van der Waals surface area contributed by atoms with Gasteiger partial charge in [-0.2, -0.15) is 11.3 Å². The third-order valence-corrected chi connectivity index (χ3v) is 3.52. The zero-order chi connectivity index (χ0) is 12.1. The molecule has 0 aliphatic heterocycles. The molecule has 0 spiro atoms. The van der Waals surface area contributed by atoms with Gasteiger partial charge in [-0.3, -0.25) is 0 Å². The molecule has 1 aromatic carbocycles. The monoisotopic (exact) mass is 247 g/mol. The Kier molecular flexibility index (Phi) is 3.82. The highest BCUT2D eigenvalue weighted by Gasteiger charge is 2.28. The van der Waals surface area contributed by atoms with Crippen LogP contribution in [-0.2, 0) is 5.60 Å². The topological polar surface area (TPSA) is 35.2 Å². The van der Waals surface area contributed by atoms with Gasteiger partial charge in [-0.1, -0.05) is 18.2 Å². The molecule has 0 radical (unpaired) electrons. The van der Waals surface area contributed by atoms with E-state index in [-0.39, 0.29) is 5.60 Å². The highest BCUT2D eigenvalue weighted by molar-refractivity contribution is 7.08. The Bertz CT molecular complexity index is 441. The SMILES string of the molecule is CC(CCN)(Oc1ccccc1)c1ccsc1. The smallest absolute Gasteiger partial charge is 0.133 e. The average Bonchev–Trinajstić information content (AvgIpc) is 2.84. The fourth-order valence-corrected chi connectivity index (χ4v) is 2.62. The highest BCUT2D eigenvalue weighted by atomic mass is 32.1. The first-order chi connectivity index (χ1) is 8.24. The summed E-state index contributed by atoms with van der Waals surface area (Å²) in [6.07, 6.45) is 0.804. The van der Waals surface area contributed by atoms with Crippen molar-refractivity contribution in [3.8, 4) is 5.75 Å². The summed E-state index contributed by atoms with van der Waals surface area (Å²) in [6.45, 7) is 2.70. The van der Waals surface area contributed by atoms with Gasteiger partial charge in [0, 0.05) is 12.0 Å². The van der Waals surface area contributed by atoms with Crippen LogP contribution in [0.5, 0.6) is 5.75 Å². The zero-order valence-corrected chi connectivity index (χ0v) is 10.7. The maximum Gasteiger partial charge on any atom is 0.133 e. The number of rotatable bonds is 5. The fourth-order valence-electron chi connectivity index (χ4n) is 1.84. The van der Waals surface area contributed by atoms with Crippen molar-refractivity contribution in [1.29, 1.82) is 0 Å². The zero-order valence-electron chi connectivity index (χ0n) is 9.93. The molecule has 1 aromatic heterocycles. The van der Waals surface area contributed by atoms with E-state index in [1.807, 2.05) is 30.3 Å². The normalized spacial score (nSPS) is 14.2. The Hall–Kier alpha value is -1.32. The van der Waals surface area contributed by atoms with E-state index >= 15 is 0 Å². The first-order valence-electron chi connectivity index (χ1n) is 5.71. The van der Waals surface area contributed by atoms with E-state index in [0.717, 1.165) is 12.2 Å². The lowest BCUT2D eigenvalue weighted by Crippen LogP contribution is -2.31. The predicted octanol–water partition coefficient (Wildman–Crippen LogP) is 3.39. The number of thiophene rings is 1. The summed E-state index contributed by atoms with van der Waals surface area (Å²) in [7, 11) is 0. The van der Waals surface area contributed by atoms with Crippen molar-refractivity contribution < 1.29 is 4.74 Å². The predicted molar refractivity (Wildman–Crippen MR) is 72.4 cm³/mol. The Morgan fingerprint density at radius 3 is 2.59 bits per heavy atom. The van der Waals surface area contributed by atoms with E-state index in [1.165, 1.54) is 5.56 Å². The van der Waals surface area contributed by atoms with Crippen molar-refractivity contribution in [2.45, 2.75) is 18.9 Å². The van der Waals surface area contributed by atoms with Crippen LogP contribution in [0.1, 0.15) is 18.9 Å². The van der Waals surface area contributed by atoms with Crippen molar-refractivity contribution >= 4 is 11.3 Å². The summed E-state index contributed by atoms with van der Waals surface area (Å²) in [4.78, 5) is 0. The number of para-hydroxylation sites is 1. The molecule has 3 heteroatoms. The van der Waals surface area contributed by atoms with Gasteiger partial charge in [-0.05, 0) is 42.4 Å². The molecule has 1 unspecified atom stereocenters. The first-order valence-corrected chi connectivity index (χ1v) is 6.66. The van der Waals surface area contributed by atoms with E-state index in [9.17, 15) is 0 Å². The van der Waals surface area contributed by atoms with Gasteiger partial charge < -0.3 is 10.5 Å². The summed E-state index contributed by atoms with van der Waals surface area (Å²) < 4.78 is 6.11. The molecule has 2 aromatic rings. The van der Waals surface area contributed by atoms with Gasteiger partial charge in [0.25, 0.3) is 0 Å². The molecular formula is C14H17NOS. The van der Waals surface area contributed by atoms with Crippen LogP contribution in [0.3, 0.4) is 0 Å². The van der Waals surface area contributed by atoms with Gasteiger partial charge in [0.15, 0.2) is 0 Å². The van der Waals surface area contributed by atoms with E-state index in [0.29, 0.717) is 6.54 Å². The largest absolute Gasteiger partial charge is 0.483 e. The molecule has 2 nitrogen and oxygen atoms in total. The second-order valence-corrected chi connectivity index (χ2v) is 4.98. The van der Waals surface area contributed by atoms with Gasteiger partial charge in [-0.25, -0.2) is 0 Å². The Morgan fingerprint density at radius 2 is 2.00 bits per heavy atom. The second-order valence-electron chi connectivity index (χ2n) is 4.20. The Morgan fingerprint density at radius 1 is 1.24 bits per heavy atom. The van der Waals surface area contributed by atoms with Crippen LogP contribution >= 0.6 is 11.3 Å². The summed E-state index contributed by atoms with van der Waals surface area (Å²) in [6, 6.07) is 12.0. The van der Waals surface area contributed by atoms with Crippen molar-refractivity contribution in [2.75, 3.05) is 6.54 Å². The highest BCUT2D eigenvalue weighted by Crippen LogP contribution is 2.32. The maximum atomic E-state index is 6.11. The number of hydrogen-bond donors (Lipinski definition) is 1. The molecule has 0 bridgehead atoms. The lowest BCUT2D eigenvalue weighted by atomic mass is 9.94. The molecule has 2 rings (SSSR count). The van der Waals surface area contributed by atoms with E-state index in [4.69, 9.17) is 10.5 Å². The minimum absolute atomic E-state index is 0.337. The molecule has 0 aliphatic rings.